The standard InChI is InChI=1S/C22H23N5O4S/c28-22(18-7-13-27(14-8-18)32(29,30)19-3-1-9-24-15-19)26-21-20(4-2-10-25-21)31-16-17-5-11-23-12-6-17/h1-6,9-12,15,18H,7-8,13-14,16H2,(H,25,26,28). The van der Waals surface area contributed by atoms with E-state index < -0.39 is 10.0 Å². The molecule has 0 aliphatic carbocycles. The highest BCUT2D eigenvalue weighted by Gasteiger charge is 2.32. The second-order valence-corrected chi connectivity index (χ2v) is 9.29. The smallest absolute Gasteiger partial charge is 0.244 e. The molecule has 10 heteroatoms. The van der Waals surface area contributed by atoms with Crippen LogP contribution in [-0.4, -0.2) is 46.7 Å². The molecule has 3 aromatic heterocycles. The largest absolute Gasteiger partial charge is 0.485 e. The summed E-state index contributed by atoms with van der Waals surface area (Å²) >= 11 is 0. The predicted octanol–water partition coefficient (Wildman–Crippen LogP) is 2.49. The lowest BCUT2D eigenvalue weighted by atomic mass is 9.97. The van der Waals surface area contributed by atoms with Gasteiger partial charge in [0.05, 0.1) is 0 Å². The van der Waals surface area contributed by atoms with Gasteiger partial charge in [0.25, 0.3) is 0 Å². The van der Waals surface area contributed by atoms with Crippen LogP contribution in [0, 0.1) is 5.92 Å². The van der Waals surface area contributed by atoms with Gasteiger partial charge in [-0.2, -0.15) is 4.31 Å². The van der Waals surface area contributed by atoms with Crippen LogP contribution in [0.2, 0.25) is 0 Å². The van der Waals surface area contributed by atoms with Crippen LogP contribution in [0.1, 0.15) is 18.4 Å². The van der Waals surface area contributed by atoms with Gasteiger partial charge >= 0.3 is 0 Å². The number of hydrogen-bond donors (Lipinski definition) is 1. The number of rotatable bonds is 7. The molecule has 0 spiro atoms. The Morgan fingerprint density at radius 1 is 1.03 bits per heavy atom. The van der Waals surface area contributed by atoms with E-state index in [2.05, 4.69) is 20.3 Å². The molecule has 4 rings (SSSR count). The Morgan fingerprint density at radius 3 is 2.50 bits per heavy atom. The lowest BCUT2D eigenvalue weighted by Crippen LogP contribution is -2.41. The van der Waals surface area contributed by atoms with Crippen molar-refractivity contribution >= 4 is 21.7 Å². The second-order valence-electron chi connectivity index (χ2n) is 7.35. The molecule has 1 aliphatic rings. The average Bonchev–Trinajstić information content (AvgIpc) is 2.85. The topological polar surface area (TPSA) is 114 Å². The Hall–Kier alpha value is -3.37. The van der Waals surface area contributed by atoms with Gasteiger partial charge in [0.2, 0.25) is 15.9 Å². The van der Waals surface area contributed by atoms with Crippen molar-refractivity contribution in [1.82, 2.24) is 19.3 Å². The Labute approximate surface area is 186 Å². The number of ether oxygens (including phenoxy) is 1. The van der Waals surface area contributed by atoms with Crippen molar-refractivity contribution in [3.05, 3.63) is 72.9 Å². The van der Waals surface area contributed by atoms with Crippen molar-refractivity contribution in [3.63, 3.8) is 0 Å². The summed E-state index contributed by atoms with van der Waals surface area (Å²) in [6.07, 6.45) is 8.66. The number of piperidine rings is 1. The fraction of sp³-hybridized carbons (Fsp3) is 0.273. The van der Waals surface area contributed by atoms with E-state index in [9.17, 15) is 13.2 Å². The molecule has 0 unspecified atom stereocenters. The molecule has 0 radical (unpaired) electrons. The summed E-state index contributed by atoms with van der Waals surface area (Å²) < 4.78 is 32.7. The van der Waals surface area contributed by atoms with E-state index in [1.807, 2.05) is 12.1 Å². The Bertz CT molecular complexity index is 1150. The summed E-state index contributed by atoms with van der Waals surface area (Å²) in [6.45, 7) is 0.855. The van der Waals surface area contributed by atoms with Gasteiger partial charge in [-0.15, -0.1) is 0 Å². The monoisotopic (exact) mass is 453 g/mol. The van der Waals surface area contributed by atoms with Crippen molar-refractivity contribution in [2.24, 2.45) is 5.92 Å². The van der Waals surface area contributed by atoms with E-state index in [4.69, 9.17) is 4.74 Å². The zero-order valence-corrected chi connectivity index (χ0v) is 18.1. The molecule has 0 aromatic carbocycles. The molecule has 0 atom stereocenters. The SMILES string of the molecule is O=C(Nc1ncccc1OCc1ccncc1)C1CCN(S(=O)(=O)c2cccnc2)CC1. The summed E-state index contributed by atoms with van der Waals surface area (Å²) in [4.78, 5) is 25.1. The Balaban J connectivity index is 1.35. The molecule has 0 bridgehead atoms. The number of nitrogens with one attached hydrogen (secondary N) is 1. The molecule has 1 saturated heterocycles. The van der Waals surface area contributed by atoms with Gasteiger partial charge < -0.3 is 10.1 Å². The molecule has 1 N–H and O–H groups in total. The third-order valence-corrected chi connectivity index (χ3v) is 7.14. The average molecular weight is 454 g/mol. The number of pyridine rings is 3. The van der Waals surface area contributed by atoms with Gasteiger partial charge in [0.15, 0.2) is 11.6 Å². The molecule has 3 aromatic rings. The lowest BCUT2D eigenvalue weighted by Gasteiger charge is -2.30. The van der Waals surface area contributed by atoms with Gasteiger partial charge in [0.1, 0.15) is 11.5 Å². The maximum absolute atomic E-state index is 12.8. The van der Waals surface area contributed by atoms with Crippen molar-refractivity contribution in [2.45, 2.75) is 24.3 Å². The van der Waals surface area contributed by atoms with Crippen molar-refractivity contribution < 1.29 is 17.9 Å². The highest BCUT2D eigenvalue weighted by Crippen LogP contribution is 2.27. The highest BCUT2D eigenvalue weighted by molar-refractivity contribution is 7.89. The van der Waals surface area contributed by atoms with Gasteiger partial charge in [0, 0.05) is 50.0 Å². The maximum atomic E-state index is 12.8. The lowest BCUT2D eigenvalue weighted by molar-refractivity contribution is -0.120. The summed E-state index contributed by atoms with van der Waals surface area (Å²) in [6, 6.07) is 10.3. The van der Waals surface area contributed by atoms with E-state index in [0.717, 1.165) is 5.56 Å². The molecule has 9 nitrogen and oxygen atoms in total. The Kier molecular flexibility index (Phi) is 6.72. The first-order chi connectivity index (χ1) is 15.5. The van der Waals surface area contributed by atoms with Crippen LogP contribution in [0.4, 0.5) is 5.82 Å². The van der Waals surface area contributed by atoms with Gasteiger partial charge in [-0.25, -0.2) is 13.4 Å². The minimum atomic E-state index is -3.61. The molecule has 1 amide bonds. The van der Waals surface area contributed by atoms with Crippen LogP contribution in [0.3, 0.4) is 0 Å². The van der Waals surface area contributed by atoms with E-state index >= 15 is 0 Å². The first-order valence-electron chi connectivity index (χ1n) is 10.2. The van der Waals surface area contributed by atoms with Crippen molar-refractivity contribution in [1.29, 1.82) is 0 Å². The molecule has 166 valence electrons. The molecule has 1 aliphatic heterocycles. The molecule has 4 heterocycles. The summed E-state index contributed by atoms with van der Waals surface area (Å²) in [7, 11) is -3.61. The first-order valence-corrected chi connectivity index (χ1v) is 11.7. The summed E-state index contributed by atoms with van der Waals surface area (Å²) in [5.74, 6) is 0.299. The van der Waals surface area contributed by atoms with Crippen molar-refractivity contribution in [3.8, 4) is 5.75 Å². The van der Waals surface area contributed by atoms with Crippen molar-refractivity contribution in [2.75, 3.05) is 18.4 Å². The van der Waals surface area contributed by atoms with E-state index in [1.54, 1.807) is 36.8 Å². The minimum absolute atomic E-state index is 0.160. The first kappa shape index (κ1) is 21.8. The number of sulfonamides is 1. The van der Waals surface area contributed by atoms with Crippen LogP contribution in [0.5, 0.6) is 5.75 Å². The Morgan fingerprint density at radius 2 is 1.78 bits per heavy atom. The quantitative estimate of drug-likeness (QED) is 0.584. The number of carbonyl (C=O) groups is 1. The number of hydrogen-bond acceptors (Lipinski definition) is 7. The van der Waals surface area contributed by atoms with E-state index in [0.29, 0.717) is 31.0 Å². The zero-order chi connectivity index (χ0) is 22.4. The number of amides is 1. The third-order valence-electron chi connectivity index (χ3n) is 5.25. The molecule has 1 fully saturated rings. The molecular formula is C22H23N5O4S. The number of nitrogens with zero attached hydrogens (tertiary/aromatic N) is 4. The number of aromatic nitrogens is 3. The number of carbonyl (C=O) groups excluding carboxylic acids is 1. The molecular weight excluding hydrogens is 430 g/mol. The minimum Gasteiger partial charge on any atom is -0.485 e. The van der Waals surface area contributed by atoms with E-state index in [-0.39, 0.29) is 29.8 Å². The number of anilines is 1. The summed E-state index contributed by atoms with van der Waals surface area (Å²) in [5, 5.41) is 2.84. The fourth-order valence-corrected chi connectivity index (χ4v) is 4.90. The molecule has 0 saturated carbocycles. The fourth-order valence-electron chi connectivity index (χ4n) is 3.47. The van der Waals surface area contributed by atoms with Crippen LogP contribution < -0.4 is 10.1 Å². The van der Waals surface area contributed by atoms with Crippen LogP contribution in [0.15, 0.2) is 72.3 Å². The summed E-state index contributed by atoms with van der Waals surface area (Å²) in [5.41, 5.74) is 0.948. The third kappa shape index (κ3) is 5.09. The van der Waals surface area contributed by atoms with Gasteiger partial charge in [-0.1, -0.05) is 0 Å². The van der Waals surface area contributed by atoms with Crippen LogP contribution in [-0.2, 0) is 21.4 Å². The zero-order valence-electron chi connectivity index (χ0n) is 17.3. The van der Waals surface area contributed by atoms with Gasteiger partial charge in [-0.05, 0) is 54.8 Å². The van der Waals surface area contributed by atoms with Crippen LogP contribution >= 0.6 is 0 Å². The maximum Gasteiger partial charge on any atom is 0.244 e. The second kappa shape index (κ2) is 9.84. The predicted molar refractivity (Wildman–Crippen MR) is 117 cm³/mol. The van der Waals surface area contributed by atoms with E-state index in [1.165, 1.54) is 22.8 Å². The van der Waals surface area contributed by atoms with Gasteiger partial charge in [-0.3, -0.25) is 14.8 Å². The van der Waals surface area contributed by atoms with Crippen LogP contribution in [0.25, 0.3) is 0 Å². The molecule has 32 heavy (non-hydrogen) atoms. The highest BCUT2D eigenvalue weighted by atomic mass is 32.2. The normalized spacial score (nSPS) is 15.2.